The second kappa shape index (κ2) is 6.50. The molecule has 1 N–H and O–H groups in total. The van der Waals surface area contributed by atoms with E-state index in [0.717, 1.165) is 54.9 Å². The number of carbonyl (C=O) groups excluding carboxylic acids is 1. The Kier molecular flexibility index (Phi) is 4.19. The molecular weight excluding hydrogens is 316 g/mol. The van der Waals surface area contributed by atoms with Gasteiger partial charge in [-0.25, -0.2) is 14.8 Å². The van der Waals surface area contributed by atoms with Gasteiger partial charge in [0, 0.05) is 23.5 Å². The van der Waals surface area contributed by atoms with Crippen molar-refractivity contribution >= 4 is 6.03 Å². The maximum absolute atomic E-state index is 13.0. The smallest absolute Gasteiger partial charge is 0.318 e. The second-order valence-electron chi connectivity index (χ2n) is 7.04. The van der Waals surface area contributed by atoms with E-state index in [1.54, 1.807) is 6.26 Å². The van der Waals surface area contributed by atoms with E-state index in [9.17, 15) is 4.79 Å². The van der Waals surface area contributed by atoms with Crippen molar-refractivity contribution in [3.05, 3.63) is 47.4 Å². The molecule has 2 aromatic heterocycles. The number of rotatable bonds is 4. The van der Waals surface area contributed by atoms with Crippen LogP contribution >= 0.6 is 0 Å². The monoisotopic (exact) mass is 340 g/mol. The molecule has 0 bridgehead atoms. The number of aromatic nitrogens is 2. The van der Waals surface area contributed by atoms with Crippen molar-refractivity contribution in [3.63, 3.8) is 0 Å². The fourth-order valence-corrected chi connectivity index (χ4v) is 3.70. The summed E-state index contributed by atoms with van der Waals surface area (Å²) in [4.78, 5) is 23.8. The first kappa shape index (κ1) is 16.1. The zero-order valence-corrected chi connectivity index (χ0v) is 14.7. The van der Waals surface area contributed by atoms with Crippen molar-refractivity contribution in [2.24, 2.45) is 0 Å². The molecule has 2 heterocycles. The molecular formula is C19H24N4O2. The number of carbonyl (C=O) groups is 1. The maximum Gasteiger partial charge on any atom is 0.318 e. The minimum atomic E-state index is -0.0696. The minimum Gasteiger partial charge on any atom is -0.467 e. The predicted molar refractivity (Wildman–Crippen MR) is 93.0 cm³/mol. The third kappa shape index (κ3) is 3.25. The Morgan fingerprint density at radius 3 is 2.96 bits per heavy atom. The Morgan fingerprint density at radius 2 is 2.24 bits per heavy atom. The van der Waals surface area contributed by atoms with E-state index in [1.165, 1.54) is 0 Å². The lowest BCUT2D eigenvalue weighted by molar-refractivity contribution is 0.161. The van der Waals surface area contributed by atoms with Gasteiger partial charge in [-0.2, -0.15) is 0 Å². The second-order valence-corrected chi connectivity index (χ2v) is 7.04. The molecule has 2 atom stereocenters. The molecule has 2 aromatic rings. The van der Waals surface area contributed by atoms with Crippen LogP contribution in [-0.4, -0.2) is 26.9 Å². The molecule has 2 aliphatic rings. The summed E-state index contributed by atoms with van der Waals surface area (Å²) in [6, 6.07) is 4.00. The zero-order valence-electron chi connectivity index (χ0n) is 14.7. The molecule has 4 rings (SSSR count). The van der Waals surface area contributed by atoms with Crippen molar-refractivity contribution in [2.75, 3.05) is 0 Å². The lowest BCUT2D eigenvalue weighted by Gasteiger charge is -2.32. The summed E-state index contributed by atoms with van der Waals surface area (Å²) >= 11 is 0. The predicted octanol–water partition coefficient (Wildman–Crippen LogP) is 3.69. The van der Waals surface area contributed by atoms with Crippen LogP contribution in [-0.2, 0) is 6.42 Å². The van der Waals surface area contributed by atoms with Crippen LogP contribution in [0.1, 0.15) is 67.5 Å². The number of furan rings is 1. The van der Waals surface area contributed by atoms with Crippen molar-refractivity contribution in [3.8, 4) is 0 Å². The lowest BCUT2D eigenvalue weighted by atomic mass is 9.92. The molecule has 0 aromatic carbocycles. The third-order valence-electron chi connectivity index (χ3n) is 5.15. The number of fused-ring (bicyclic) bond motifs is 1. The van der Waals surface area contributed by atoms with Gasteiger partial charge in [0.25, 0.3) is 0 Å². The molecule has 0 saturated heterocycles. The number of nitrogens with one attached hydrogen (secondary N) is 1. The van der Waals surface area contributed by atoms with Gasteiger partial charge in [0.2, 0.25) is 0 Å². The van der Waals surface area contributed by atoms with Gasteiger partial charge in [0.05, 0.1) is 18.3 Å². The first-order valence-electron chi connectivity index (χ1n) is 9.08. The highest BCUT2D eigenvalue weighted by Crippen LogP contribution is 2.35. The molecule has 0 unspecified atom stereocenters. The molecule has 2 aliphatic carbocycles. The van der Waals surface area contributed by atoms with E-state index >= 15 is 0 Å². The summed E-state index contributed by atoms with van der Waals surface area (Å²) < 4.78 is 5.52. The largest absolute Gasteiger partial charge is 0.467 e. The van der Waals surface area contributed by atoms with Gasteiger partial charge in [-0.05, 0) is 58.1 Å². The molecule has 0 aliphatic heterocycles. The summed E-state index contributed by atoms with van der Waals surface area (Å²) in [5.41, 5.74) is 2.13. The summed E-state index contributed by atoms with van der Waals surface area (Å²) in [6.45, 7) is 3.93. The Balaban J connectivity index is 1.53. The van der Waals surface area contributed by atoms with Gasteiger partial charge < -0.3 is 14.6 Å². The summed E-state index contributed by atoms with van der Waals surface area (Å²) in [5.74, 6) is 1.61. The van der Waals surface area contributed by atoms with E-state index in [4.69, 9.17) is 4.42 Å². The van der Waals surface area contributed by atoms with E-state index in [1.807, 2.05) is 37.1 Å². The van der Waals surface area contributed by atoms with Gasteiger partial charge in [-0.3, -0.25) is 0 Å². The number of aryl methyl sites for hydroxylation is 2. The lowest BCUT2D eigenvalue weighted by Crippen LogP contribution is -2.44. The van der Waals surface area contributed by atoms with Crippen LogP contribution in [0.25, 0.3) is 0 Å². The molecule has 25 heavy (non-hydrogen) atoms. The van der Waals surface area contributed by atoms with Crippen molar-refractivity contribution in [2.45, 2.75) is 64.1 Å². The maximum atomic E-state index is 13.0. The Bertz CT molecular complexity index is 755. The van der Waals surface area contributed by atoms with Gasteiger partial charge in [-0.15, -0.1) is 0 Å². The van der Waals surface area contributed by atoms with Crippen LogP contribution in [0.2, 0.25) is 0 Å². The summed E-state index contributed by atoms with van der Waals surface area (Å²) in [7, 11) is 0. The summed E-state index contributed by atoms with van der Waals surface area (Å²) in [6.07, 6.45) is 8.57. The normalized spacial score (nSPS) is 20.6. The molecule has 0 radical (unpaired) electrons. The highest BCUT2D eigenvalue weighted by molar-refractivity contribution is 5.76. The molecule has 132 valence electrons. The number of urea groups is 1. The molecule has 1 fully saturated rings. The topological polar surface area (TPSA) is 71.3 Å². The van der Waals surface area contributed by atoms with Crippen LogP contribution in [0.5, 0.6) is 0 Å². The van der Waals surface area contributed by atoms with Gasteiger partial charge >= 0.3 is 6.03 Å². The number of amides is 2. The minimum absolute atomic E-state index is 0.0121. The fraction of sp³-hybridized carbons (Fsp3) is 0.526. The van der Waals surface area contributed by atoms with Gasteiger partial charge in [0.15, 0.2) is 0 Å². The van der Waals surface area contributed by atoms with Crippen LogP contribution in [0.4, 0.5) is 4.79 Å². The van der Waals surface area contributed by atoms with Crippen LogP contribution in [0, 0.1) is 6.92 Å². The first-order valence-corrected chi connectivity index (χ1v) is 9.08. The van der Waals surface area contributed by atoms with Crippen molar-refractivity contribution in [1.29, 1.82) is 0 Å². The molecule has 6 nitrogen and oxygen atoms in total. The number of hydrogen-bond donors (Lipinski definition) is 1. The highest BCUT2D eigenvalue weighted by Gasteiger charge is 2.38. The zero-order chi connectivity index (χ0) is 17.4. The molecule has 2 amide bonds. The van der Waals surface area contributed by atoms with E-state index < -0.39 is 0 Å². The third-order valence-corrected chi connectivity index (χ3v) is 5.15. The average Bonchev–Trinajstić information content (AvgIpc) is 3.26. The summed E-state index contributed by atoms with van der Waals surface area (Å²) in [5, 5.41) is 3.22. The SMILES string of the molecule is Cc1ncc2c(n1)CCC[C@@H]2NC(=O)N(C1CC1)[C@@H](C)c1ccco1. The highest BCUT2D eigenvalue weighted by atomic mass is 16.3. The quantitative estimate of drug-likeness (QED) is 0.921. The van der Waals surface area contributed by atoms with Crippen LogP contribution in [0.3, 0.4) is 0 Å². The molecule has 1 saturated carbocycles. The van der Waals surface area contributed by atoms with E-state index in [0.29, 0.717) is 6.04 Å². The van der Waals surface area contributed by atoms with Gasteiger partial charge in [0.1, 0.15) is 11.6 Å². The average molecular weight is 340 g/mol. The Morgan fingerprint density at radius 1 is 1.40 bits per heavy atom. The van der Waals surface area contributed by atoms with E-state index in [2.05, 4.69) is 15.3 Å². The van der Waals surface area contributed by atoms with Crippen molar-refractivity contribution in [1.82, 2.24) is 20.2 Å². The first-order chi connectivity index (χ1) is 12.1. The fourth-order valence-electron chi connectivity index (χ4n) is 3.70. The van der Waals surface area contributed by atoms with Crippen LogP contribution in [0.15, 0.2) is 29.0 Å². The number of nitrogens with zero attached hydrogens (tertiary/aromatic N) is 3. The van der Waals surface area contributed by atoms with Crippen LogP contribution < -0.4 is 5.32 Å². The van der Waals surface area contributed by atoms with Gasteiger partial charge in [-0.1, -0.05) is 0 Å². The Hall–Kier alpha value is -2.37. The number of hydrogen-bond acceptors (Lipinski definition) is 4. The standard InChI is InChI=1S/C19H24N4O2/c1-12(18-7-4-10-25-18)23(14-8-9-14)19(24)22-17-6-3-5-16-15(17)11-20-13(2)21-16/h4,7,10-12,14,17H,3,5-6,8-9H2,1-2H3,(H,22,24)/t12-,17-/m0/s1. The van der Waals surface area contributed by atoms with Crippen molar-refractivity contribution < 1.29 is 9.21 Å². The van der Waals surface area contributed by atoms with E-state index in [-0.39, 0.29) is 18.1 Å². The molecule has 0 spiro atoms. The molecule has 6 heteroatoms. The Labute approximate surface area is 147 Å².